The molecule has 1 unspecified atom stereocenters. The molecule has 1 N–H and O–H groups in total. The third kappa shape index (κ3) is 3.57. The Bertz CT molecular complexity index is 729. The minimum atomic E-state index is -0.0445. The number of amides is 1. The maximum Gasteiger partial charge on any atom is 0.261 e. The Kier molecular flexibility index (Phi) is 5.11. The highest BCUT2D eigenvalue weighted by Gasteiger charge is 2.25. The third-order valence-electron chi connectivity index (χ3n) is 4.05. The first-order chi connectivity index (χ1) is 11.6. The van der Waals surface area contributed by atoms with Gasteiger partial charge >= 0.3 is 0 Å². The molecule has 0 aliphatic heterocycles. The Hall–Kier alpha value is -1.99. The van der Waals surface area contributed by atoms with Gasteiger partial charge in [-0.2, -0.15) is 0 Å². The fourth-order valence-corrected chi connectivity index (χ4v) is 3.73. The summed E-state index contributed by atoms with van der Waals surface area (Å²) in [7, 11) is 5.51. The van der Waals surface area contributed by atoms with E-state index in [0.29, 0.717) is 17.4 Å². The van der Waals surface area contributed by atoms with Crippen LogP contribution in [0.25, 0.3) is 0 Å². The van der Waals surface area contributed by atoms with Crippen molar-refractivity contribution in [3.8, 4) is 0 Å². The molecular weight excluding hydrogens is 324 g/mol. The Morgan fingerprint density at radius 1 is 1.46 bits per heavy atom. The number of nitrogens with zero attached hydrogens (tertiary/aromatic N) is 3. The van der Waals surface area contributed by atoms with Crippen LogP contribution in [0.1, 0.15) is 44.7 Å². The first-order valence-corrected chi connectivity index (χ1v) is 8.81. The summed E-state index contributed by atoms with van der Waals surface area (Å²) in [5.74, 6) is 0.667. The molecule has 0 aromatic carbocycles. The number of thiophene rings is 1. The summed E-state index contributed by atoms with van der Waals surface area (Å²) >= 11 is 1.47. The molecule has 128 valence electrons. The van der Waals surface area contributed by atoms with E-state index in [4.69, 9.17) is 4.74 Å². The van der Waals surface area contributed by atoms with Gasteiger partial charge in [0.1, 0.15) is 0 Å². The van der Waals surface area contributed by atoms with Gasteiger partial charge in [-0.3, -0.25) is 4.79 Å². The molecule has 2 aromatic rings. The minimum Gasteiger partial charge on any atom is -0.379 e. The number of rotatable bonds is 5. The highest BCUT2D eigenvalue weighted by Crippen LogP contribution is 2.29. The van der Waals surface area contributed by atoms with Gasteiger partial charge in [0, 0.05) is 37.8 Å². The van der Waals surface area contributed by atoms with Crippen LogP contribution in [0.4, 0.5) is 5.95 Å². The summed E-state index contributed by atoms with van der Waals surface area (Å²) in [6, 6.07) is 3.76. The first kappa shape index (κ1) is 16.9. The number of hydrogen-bond donors (Lipinski definition) is 1. The average molecular weight is 346 g/mol. The van der Waals surface area contributed by atoms with E-state index in [9.17, 15) is 4.79 Å². The number of ether oxygens (including phenoxy) is 1. The predicted molar refractivity (Wildman–Crippen MR) is 94.5 cm³/mol. The second kappa shape index (κ2) is 7.27. The summed E-state index contributed by atoms with van der Waals surface area (Å²) in [5, 5.41) is 3.13. The van der Waals surface area contributed by atoms with Crippen LogP contribution in [0, 0.1) is 0 Å². The van der Waals surface area contributed by atoms with Gasteiger partial charge < -0.3 is 15.0 Å². The Balaban J connectivity index is 1.75. The molecule has 1 aliphatic rings. The van der Waals surface area contributed by atoms with Crippen molar-refractivity contribution in [1.29, 1.82) is 0 Å². The molecule has 2 heterocycles. The molecule has 24 heavy (non-hydrogen) atoms. The van der Waals surface area contributed by atoms with Crippen LogP contribution in [-0.2, 0) is 17.8 Å². The maximum absolute atomic E-state index is 12.5. The summed E-state index contributed by atoms with van der Waals surface area (Å²) < 4.78 is 5.11. The second-order valence-corrected chi connectivity index (χ2v) is 7.25. The number of hydrogen-bond acceptors (Lipinski definition) is 6. The quantitative estimate of drug-likeness (QED) is 0.901. The molecule has 1 atom stereocenters. The van der Waals surface area contributed by atoms with Crippen molar-refractivity contribution < 1.29 is 9.53 Å². The molecule has 0 radical (unpaired) electrons. The van der Waals surface area contributed by atoms with E-state index in [0.717, 1.165) is 35.4 Å². The lowest BCUT2D eigenvalue weighted by atomic mass is 9.92. The molecule has 1 amide bonds. The van der Waals surface area contributed by atoms with Crippen molar-refractivity contribution in [3.05, 3.63) is 39.3 Å². The highest BCUT2D eigenvalue weighted by atomic mass is 32.1. The molecule has 0 spiro atoms. The van der Waals surface area contributed by atoms with Crippen LogP contribution in [0.5, 0.6) is 0 Å². The average Bonchev–Trinajstić information content (AvgIpc) is 3.04. The van der Waals surface area contributed by atoms with Crippen molar-refractivity contribution >= 4 is 23.2 Å². The Morgan fingerprint density at radius 3 is 3.04 bits per heavy atom. The number of methoxy groups -OCH3 is 1. The monoisotopic (exact) mass is 346 g/mol. The van der Waals surface area contributed by atoms with Gasteiger partial charge in [-0.1, -0.05) is 0 Å². The molecule has 0 bridgehead atoms. The predicted octanol–water partition coefficient (Wildman–Crippen LogP) is 2.56. The zero-order chi connectivity index (χ0) is 17.1. The summed E-state index contributed by atoms with van der Waals surface area (Å²) in [4.78, 5) is 25.2. The fraction of sp³-hybridized carbons (Fsp3) is 0.471. The lowest BCUT2D eigenvalue weighted by molar-refractivity contribution is 0.0936. The van der Waals surface area contributed by atoms with Gasteiger partial charge in [-0.15, -0.1) is 11.3 Å². The van der Waals surface area contributed by atoms with Gasteiger partial charge in [-0.25, -0.2) is 9.97 Å². The van der Waals surface area contributed by atoms with Gasteiger partial charge in [0.25, 0.3) is 5.91 Å². The third-order valence-corrected chi connectivity index (χ3v) is 5.10. The molecular formula is C17H22N4O2S. The fourth-order valence-electron chi connectivity index (χ4n) is 2.85. The van der Waals surface area contributed by atoms with Crippen molar-refractivity contribution in [3.63, 3.8) is 0 Å². The van der Waals surface area contributed by atoms with Crippen LogP contribution >= 0.6 is 11.3 Å². The SMILES string of the molecule is COCc1ccc(C(=O)NC2CCCc3nc(N(C)C)ncc32)s1. The maximum atomic E-state index is 12.5. The largest absolute Gasteiger partial charge is 0.379 e. The van der Waals surface area contributed by atoms with E-state index in [1.165, 1.54) is 11.3 Å². The van der Waals surface area contributed by atoms with E-state index >= 15 is 0 Å². The topological polar surface area (TPSA) is 67.3 Å². The summed E-state index contributed by atoms with van der Waals surface area (Å²) in [5.41, 5.74) is 2.07. The van der Waals surface area contributed by atoms with Crippen LogP contribution < -0.4 is 10.2 Å². The van der Waals surface area contributed by atoms with E-state index in [2.05, 4.69) is 15.3 Å². The number of fused-ring (bicyclic) bond motifs is 1. The summed E-state index contributed by atoms with van der Waals surface area (Å²) in [6.07, 6.45) is 4.72. The smallest absolute Gasteiger partial charge is 0.261 e. The zero-order valence-corrected chi connectivity index (χ0v) is 15.0. The number of carbonyl (C=O) groups is 1. The van der Waals surface area contributed by atoms with Gasteiger partial charge in [-0.05, 0) is 31.4 Å². The zero-order valence-electron chi connectivity index (χ0n) is 14.2. The van der Waals surface area contributed by atoms with Crippen molar-refractivity contribution in [2.75, 3.05) is 26.1 Å². The van der Waals surface area contributed by atoms with Gasteiger partial charge in [0.2, 0.25) is 5.95 Å². The molecule has 0 saturated heterocycles. The van der Waals surface area contributed by atoms with Crippen molar-refractivity contribution in [2.45, 2.75) is 31.9 Å². The van der Waals surface area contributed by atoms with Crippen molar-refractivity contribution in [2.24, 2.45) is 0 Å². The van der Waals surface area contributed by atoms with E-state index in [1.54, 1.807) is 7.11 Å². The van der Waals surface area contributed by atoms with E-state index in [-0.39, 0.29) is 11.9 Å². The van der Waals surface area contributed by atoms with Crippen LogP contribution in [0.2, 0.25) is 0 Å². The molecule has 0 fully saturated rings. The molecule has 1 aliphatic carbocycles. The van der Waals surface area contributed by atoms with Gasteiger partial charge in [0.15, 0.2) is 0 Å². The number of carbonyl (C=O) groups excluding carboxylic acids is 1. The lowest BCUT2D eigenvalue weighted by Gasteiger charge is -2.26. The lowest BCUT2D eigenvalue weighted by Crippen LogP contribution is -2.31. The second-order valence-electron chi connectivity index (χ2n) is 6.08. The molecule has 0 saturated carbocycles. The summed E-state index contributed by atoms with van der Waals surface area (Å²) in [6.45, 7) is 0.533. The first-order valence-electron chi connectivity index (χ1n) is 8.00. The van der Waals surface area contributed by atoms with E-state index in [1.807, 2.05) is 37.3 Å². The molecule has 7 heteroatoms. The number of anilines is 1. The molecule has 2 aromatic heterocycles. The van der Waals surface area contributed by atoms with Crippen LogP contribution in [-0.4, -0.2) is 37.1 Å². The Morgan fingerprint density at radius 2 is 2.29 bits per heavy atom. The molecule has 3 rings (SSSR count). The standard InChI is InChI=1S/C17H22N4O2S/c1-21(2)17-18-9-12-13(5-4-6-14(12)20-17)19-16(22)15-8-7-11(24-15)10-23-3/h7-9,13H,4-6,10H2,1-3H3,(H,19,22). The van der Waals surface area contributed by atoms with Crippen LogP contribution in [0.15, 0.2) is 18.3 Å². The molecule has 6 nitrogen and oxygen atoms in total. The van der Waals surface area contributed by atoms with Gasteiger partial charge in [0.05, 0.1) is 23.2 Å². The van der Waals surface area contributed by atoms with E-state index < -0.39 is 0 Å². The Labute approximate surface area is 145 Å². The number of nitrogens with one attached hydrogen (secondary N) is 1. The highest BCUT2D eigenvalue weighted by molar-refractivity contribution is 7.14. The minimum absolute atomic E-state index is 0.0227. The number of aromatic nitrogens is 2. The normalized spacial score (nSPS) is 16.5. The number of aryl methyl sites for hydroxylation is 1. The van der Waals surface area contributed by atoms with Crippen molar-refractivity contribution in [1.82, 2.24) is 15.3 Å². The van der Waals surface area contributed by atoms with Crippen LogP contribution in [0.3, 0.4) is 0 Å².